The van der Waals surface area contributed by atoms with Crippen molar-refractivity contribution in [1.29, 1.82) is 0 Å². The van der Waals surface area contributed by atoms with Crippen LogP contribution in [0.25, 0.3) is 0 Å². The minimum absolute atomic E-state index is 0.439. The van der Waals surface area contributed by atoms with Crippen molar-refractivity contribution in [2.45, 2.75) is 65.7 Å². The summed E-state index contributed by atoms with van der Waals surface area (Å²) in [7, 11) is 0. The van der Waals surface area contributed by atoms with Crippen LogP contribution in [0.3, 0.4) is 0 Å². The number of hydrogen-bond acceptors (Lipinski definition) is 4. The zero-order chi connectivity index (χ0) is 17.1. The van der Waals surface area contributed by atoms with Gasteiger partial charge in [-0.05, 0) is 33.1 Å². The molecule has 0 radical (unpaired) electrons. The second-order valence-electron chi connectivity index (χ2n) is 7.26. The van der Waals surface area contributed by atoms with Crippen LogP contribution in [0, 0.1) is 5.92 Å². The van der Waals surface area contributed by atoms with E-state index in [0.29, 0.717) is 24.5 Å². The molecule has 7 heteroatoms. The molecule has 7 nitrogen and oxygen atoms in total. The van der Waals surface area contributed by atoms with Crippen LogP contribution in [0.1, 0.15) is 45.8 Å². The second-order valence-corrected chi connectivity index (χ2v) is 7.26. The smallest absolute Gasteiger partial charge is 0.191 e. The number of hydrogen-bond donors (Lipinski definition) is 2. The van der Waals surface area contributed by atoms with Gasteiger partial charge in [0.2, 0.25) is 0 Å². The standard InChI is InChI=1S/C17H31N7/c1-5-18-17(20-14-11-23(12(2)3)10-13(14)4)19-9-16-22-21-15-7-6-8-24(15)16/h12-14H,5-11H2,1-4H3,(H2,18,19,20). The SMILES string of the molecule is CCNC(=NCc1nnc2n1CCC2)NC1CN(C(C)C)CC1C. The molecule has 2 aliphatic heterocycles. The van der Waals surface area contributed by atoms with Gasteiger partial charge in [0.15, 0.2) is 11.8 Å². The number of aryl methyl sites for hydroxylation is 1. The van der Waals surface area contributed by atoms with E-state index in [-0.39, 0.29) is 0 Å². The van der Waals surface area contributed by atoms with Gasteiger partial charge in [-0.1, -0.05) is 6.92 Å². The number of nitrogens with zero attached hydrogens (tertiary/aromatic N) is 5. The highest BCUT2D eigenvalue weighted by Crippen LogP contribution is 2.19. The maximum absolute atomic E-state index is 4.75. The average molecular weight is 333 g/mol. The molecule has 1 aromatic rings. The van der Waals surface area contributed by atoms with Crippen molar-refractivity contribution in [2.75, 3.05) is 19.6 Å². The lowest BCUT2D eigenvalue weighted by molar-refractivity contribution is 0.265. The van der Waals surface area contributed by atoms with Gasteiger partial charge in [-0.25, -0.2) is 4.99 Å². The summed E-state index contributed by atoms with van der Waals surface area (Å²) in [6.45, 7) is 13.6. The van der Waals surface area contributed by atoms with Gasteiger partial charge in [0.1, 0.15) is 12.4 Å². The molecule has 2 N–H and O–H groups in total. The highest BCUT2D eigenvalue weighted by Gasteiger charge is 2.31. The Bertz CT molecular complexity index is 577. The summed E-state index contributed by atoms with van der Waals surface area (Å²) in [6.07, 6.45) is 2.21. The normalized spacial score (nSPS) is 24.6. The predicted molar refractivity (Wildman–Crippen MR) is 96.0 cm³/mol. The number of likely N-dealkylation sites (tertiary alicyclic amines) is 1. The topological polar surface area (TPSA) is 70.4 Å². The summed E-state index contributed by atoms with van der Waals surface area (Å²) in [5.74, 6) is 3.59. The minimum atomic E-state index is 0.439. The Kier molecular flexibility index (Phi) is 5.38. The van der Waals surface area contributed by atoms with Crippen molar-refractivity contribution < 1.29 is 0 Å². The molecule has 3 heterocycles. The molecule has 2 atom stereocenters. The summed E-state index contributed by atoms with van der Waals surface area (Å²) in [5, 5.41) is 15.5. The van der Waals surface area contributed by atoms with Crippen LogP contribution in [0.4, 0.5) is 0 Å². The third-order valence-electron chi connectivity index (χ3n) is 5.10. The number of aliphatic imine (C=N–C) groups is 1. The molecule has 134 valence electrons. The van der Waals surface area contributed by atoms with Crippen LogP contribution in [-0.2, 0) is 19.5 Å². The number of rotatable bonds is 5. The van der Waals surface area contributed by atoms with Gasteiger partial charge in [0.25, 0.3) is 0 Å². The molecule has 0 saturated carbocycles. The van der Waals surface area contributed by atoms with Crippen molar-refractivity contribution in [3.63, 3.8) is 0 Å². The fourth-order valence-corrected chi connectivity index (χ4v) is 3.59. The van der Waals surface area contributed by atoms with E-state index < -0.39 is 0 Å². The van der Waals surface area contributed by atoms with E-state index in [4.69, 9.17) is 4.99 Å². The Morgan fingerprint density at radius 3 is 2.88 bits per heavy atom. The lowest BCUT2D eigenvalue weighted by atomic mass is 10.1. The monoisotopic (exact) mass is 333 g/mol. The highest BCUT2D eigenvalue weighted by molar-refractivity contribution is 5.80. The van der Waals surface area contributed by atoms with Crippen LogP contribution in [0.15, 0.2) is 4.99 Å². The first-order valence-electron chi connectivity index (χ1n) is 9.28. The molecule has 0 amide bonds. The van der Waals surface area contributed by atoms with E-state index in [1.54, 1.807) is 0 Å². The van der Waals surface area contributed by atoms with E-state index in [1.165, 1.54) is 6.42 Å². The fourth-order valence-electron chi connectivity index (χ4n) is 3.59. The van der Waals surface area contributed by atoms with Crippen LogP contribution < -0.4 is 10.6 Å². The average Bonchev–Trinajstić information content (AvgIpc) is 3.22. The Hall–Kier alpha value is -1.63. The van der Waals surface area contributed by atoms with Crippen molar-refractivity contribution in [3.05, 3.63) is 11.6 Å². The Balaban J connectivity index is 1.63. The Morgan fingerprint density at radius 2 is 2.17 bits per heavy atom. The van der Waals surface area contributed by atoms with Crippen molar-refractivity contribution >= 4 is 5.96 Å². The number of nitrogens with one attached hydrogen (secondary N) is 2. The molecular formula is C17H31N7. The predicted octanol–water partition coefficient (Wildman–Crippen LogP) is 1.01. The molecular weight excluding hydrogens is 302 g/mol. The van der Waals surface area contributed by atoms with Gasteiger partial charge in [0, 0.05) is 44.7 Å². The van der Waals surface area contributed by atoms with Crippen molar-refractivity contribution in [2.24, 2.45) is 10.9 Å². The molecule has 0 spiro atoms. The molecule has 1 fully saturated rings. The molecule has 24 heavy (non-hydrogen) atoms. The molecule has 2 aliphatic rings. The zero-order valence-electron chi connectivity index (χ0n) is 15.4. The van der Waals surface area contributed by atoms with Crippen LogP contribution >= 0.6 is 0 Å². The molecule has 2 unspecified atom stereocenters. The van der Waals surface area contributed by atoms with Gasteiger partial charge < -0.3 is 15.2 Å². The van der Waals surface area contributed by atoms with E-state index >= 15 is 0 Å². The maximum atomic E-state index is 4.75. The maximum Gasteiger partial charge on any atom is 0.191 e. The third kappa shape index (κ3) is 3.71. The molecule has 0 aromatic carbocycles. The van der Waals surface area contributed by atoms with Gasteiger partial charge in [-0.3, -0.25) is 4.90 Å². The van der Waals surface area contributed by atoms with E-state index in [2.05, 4.69) is 58.0 Å². The fraction of sp³-hybridized carbons (Fsp3) is 0.824. The Morgan fingerprint density at radius 1 is 1.33 bits per heavy atom. The number of fused-ring (bicyclic) bond motifs is 1. The van der Waals surface area contributed by atoms with Gasteiger partial charge in [0.05, 0.1) is 0 Å². The first-order chi connectivity index (χ1) is 11.6. The molecule has 0 aliphatic carbocycles. The largest absolute Gasteiger partial charge is 0.357 e. The first kappa shape index (κ1) is 17.2. The molecule has 0 bridgehead atoms. The van der Waals surface area contributed by atoms with Gasteiger partial charge in [-0.15, -0.1) is 10.2 Å². The second kappa shape index (κ2) is 7.51. The lowest BCUT2D eigenvalue weighted by Crippen LogP contribution is -2.46. The van der Waals surface area contributed by atoms with Crippen molar-refractivity contribution in [1.82, 2.24) is 30.3 Å². The molecule has 1 saturated heterocycles. The van der Waals surface area contributed by atoms with Crippen molar-refractivity contribution in [3.8, 4) is 0 Å². The van der Waals surface area contributed by atoms with E-state index in [9.17, 15) is 0 Å². The van der Waals surface area contributed by atoms with Crippen LogP contribution in [0.5, 0.6) is 0 Å². The first-order valence-corrected chi connectivity index (χ1v) is 9.28. The van der Waals surface area contributed by atoms with E-state index in [0.717, 1.165) is 50.2 Å². The number of aromatic nitrogens is 3. The van der Waals surface area contributed by atoms with Gasteiger partial charge >= 0.3 is 0 Å². The van der Waals surface area contributed by atoms with Crippen LogP contribution in [0.2, 0.25) is 0 Å². The summed E-state index contributed by atoms with van der Waals surface area (Å²) in [6, 6.07) is 1.03. The van der Waals surface area contributed by atoms with E-state index in [1.807, 2.05) is 0 Å². The summed E-state index contributed by atoms with van der Waals surface area (Å²) >= 11 is 0. The molecule has 3 rings (SSSR count). The quantitative estimate of drug-likeness (QED) is 0.622. The summed E-state index contributed by atoms with van der Waals surface area (Å²) < 4.78 is 2.21. The summed E-state index contributed by atoms with van der Waals surface area (Å²) in [5.41, 5.74) is 0. The number of guanidine groups is 1. The minimum Gasteiger partial charge on any atom is -0.357 e. The summed E-state index contributed by atoms with van der Waals surface area (Å²) in [4.78, 5) is 7.28. The highest BCUT2D eigenvalue weighted by atomic mass is 15.3. The third-order valence-corrected chi connectivity index (χ3v) is 5.10. The van der Waals surface area contributed by atoms with Gasteiger partial charge in [-0.2, -0.15) is 0 Å². The molecule has 1 aromatic heterocycles. The Labute approximate surface area is 144 Å². The van der Waals surface area contributed by atoms with Crippen LogP contribution in [-0.4, -0.2) is 57.3 Å². The zero-order valence-corrected chi connectivity index (χ0v) is 15.4. The lowest BCUT2D eigenvalue weighted by Gasteiger charge is -2.21.